The van der Waals surface area contributed by atoms with Crippen molar-refractivity contribution in [3.8, 4) is 39.4 Å². The Kier molecular flexibility index (Phi) is 12400. The van der Waals surface area contributed by atoms with Gasteiger partial charge in [0.25, 0.3) is 0 Å². The molecule has 0 radical (unpaired) electrons. The fourth-order valence-electron chi connectivity index (χ4n) is 0. The molecule has 0 spiro atoms. The molecule has 70 valence electrons. The third-order valence-corrected chi connectivity index (χ3v) is 0. The Bertz CT molecular complexity index is 103. The van der Waals surface area contributed by atoms with Crippen molar-refractivity contribution in [1.82, 2.24) is 0 Å². The first-order valence-electron chi connectivity index (χ1n) is 1.55. The molecule has 8 heteroatoms. The maximum atomic E-state index is 6.50. The van der Waals surface area contributed by atoms with Gasteiger partial charge in [-0.1, -0.05) is 0 Å². The first kappa shape index (κ1) is 72.7. The van der Waals surface area contributed by atoms with Crippen molar-refractivity contribution in [2.45, 2.75) is 0 Å². The standard InChI is InChI=1S/6CHN.K.Ru.H/c6*1-2;;;/h6*1H;;;/q;;;;;;+1;;-1. The molecule has 0 amide bonds. The van der Waals surface area contributed by atoms with Gasteiger partial charge in [-0.3, -0.25) is 0 Å². The van der Waals surface area contributed by atoms with Gasteiger partial charge in [0.1, 0.15) is 0 Å². The van der Waals surface area contributed by atoms with Crippen LogP contribution in [0.4, 0.5) is 0 Å². The van der Waals surface area contributed by atoms with Crippen LogP contribution >= 0.6 is 0 Å². The van der Waals surface area contributed by atoms with E-state index in [1.165, 1.54) is 0 Å². The second-order valence-electron chi connectivity index (χ2n) is 0. The maximum Gasteiger partial charge on any atom is 1.00 e. The third kappa shape index (κ3) is 1820. The molecule has 0 aromatic rings. The summed E-state index contributed by atoms with van der Waals surface area (Å²) in [6.45, 7) is 21.0. The van der Waals surface area contributed by atoms with Crippen LogP contribution < -0.4 is 51.4 Å². The molecule has 0 aliphatic heterocycles. The second-order valence-corrected chi connectivity index (χ2v) is 0. The molecule has 0 N–H and O–H groups in total. The van der Waals surface area contributed by atoms with Crippen molar-refractivity contribution in [3.05, 3.63) is 0 Å². The predicted octanol–water partition coefficient (Wildman–Crippen LogP) is -2.05. The van der Waals surface area contributed by atoms with Crippen LogP contribution in [0.15, 0.2) is 0 Å². The summed E-state index contributed by atoms with van der Waals surface area (Å²) in [6.07, 6.45) is 0. The van der Waals surface area contributed by atoms with Crippen LogP contribution in [0.1, 0.15) is 1.43 Å². The average Bonchev–Trinajstić information content (AvgIpc) is 2.33. The van der Waals surface area contributed by atoms with E-state index < -0.39 is 0 Å². The van der Waals surface area contributed by atoms with Crippen molar-refractivity contribution >= 4 is 0 Å². The van der Waals surface area contributed by atoms with Gasteiger partial charge in [-0.15, -0.1) is 0 Å². The van der Waals surface area contributed by atoms with Crippen molar-refractivity contribution < 1.29 is 72.3 Å². The minimum atomic E-state index is 0. The number of hydrogen-bond acceptors (Lipinski definition) is 6. The van der Waals surface area contributed by atoms with Crippen LogP contribution in [-0.2, 0) is 19.5 Å². The fourth-order valence-corrected chi connectivity index (χ4v) is 0. The van der Waals surface area contributed by atoms with Crippen LogP contribution in [0.2, 0.25) is 0 Å². The van der Waals surface area contributed by atoms with Crippen LogP contribution in [0.5, 0.6) is 0 Å². The van der Waals surface area contributed by atoms with E-state index in [-0.39, 0.29) is 72.3 Å². The van der Waals surface area contributed by atoms with Gasteiger partial charge in [-0.05, 0) is 0 Å². The molecular formula is C6H7KN6Ru. The minimum Gasteiger partial charge on any atom is -1.00 e. The van der Waals surface area contributed by atoms with Crippen LogP contribution in [-0.4, -0.2) is 0 Å². The van der Waals surface area contributed by atoms with Crippen molar-refractivity contribution in [2.75, 3.05) is 0 Å². The Labute approximate surface area is 141 Å². The first-order chi connectivity index (χ1) is 6.00. The molecule has 0 aliphatic rings. The van der Waals surface area contributed by atoms with Gasteiger partial charge in [0, 0.05) is 58.9 Å². The second kappa shape index (κ2) is 2390. The molecule has 0 bridgehead atoms. The van der Waals surface area contributed by atoms with E-state index in [0.29, 0.717) is 0 Å². The van der Waals surface area contributed by atoms with Gasteiger partial charge in [0.05, 0.1) is 0 Å². The number of nitriles is 6. The summed E-state index contributed by atoms with van der Waals surface area (Å²) in [4.78, 5) is 0. The Morgan fingerprint density at radius 2 is 0.429 bits per heavy atom. The summed E-state index contributed by atoms with van der Waals surface area (Å²) < 4.78 is 0. The zero-order valence-corrected chi connectivity index (χ0v) is 12.4. The monoisotopic (exact) mass is 304 g/mol. The zero-order valence-electron chi connectivity index (χ0n) is 8.50. The Morgan fingerprint density at radius 3 is 0.429 bits per heavy atom. The Morgan fingerprint density at radius 1 is 0.429 bits per heavy atom. The quantitative estimate of drug-likeness (QED) is 0.471. The first-order valence-corrected chi connectivity index (χ1v) is 1.55. The summed E-state index contributed by atoms with van der Waals surface area (Å²) >= 11 is 0. The van der Waals surface area contributed by atoms with E-state index >= 15 is 0 Å². The summed E-state index contributed by atoms with van der Waals surface area (Å²) in [6, 6.07) is 0. The predicted molar refractivity (Wildman–Crippen MR) is 41.1 cm³/mol. The van der Waals surface area contributed by atoms with Crippen molar-refractivity contribution in [2.24, 2.45) is 0 Å². The van der Waals surface area contributed by atoms with E-state index in [9.17, 15) is 0 Å². The Hall–Kier alpha value is -0.800. The summed E-state index contributed by atoms with van der Waals surface area (Å²) in [5.74, 6) is 0. The van der Waals surface area contributed by atoms with E-state index in [2.05, 4.69) is 39.4 Å². The average molecular weight is 303 g/mol. The van der Waals surface area contributed by atoms with Crippen LogP contribution in [0.25, 0.3) is 0 Å². The number of hydrogen-bond donors (Lipinski definition) is 0. The molecule has 0 saturated heterocycles. The molecule has 6 nitrogen and oxygen atoms in total. The maximum absolute atomic E-state index is 6.50. The topological polar surface area (TPSA) is 143 Å². The molecule has 0 heterocycles. The number of rotatable bonds is 0. The third-order valence-electron chi connectivity index (χ3n) is 0. The normalized spacial score (nSPS) is 0.857. The molecule has 0 aromatic heterocycles. The smallest absolute Gasteiger partial charge is 1.00 e. The Balaban J connectivity index is -0.00000000396. The van der Waals surface area contributed by atoms with Gasteiger partial charge in [0.15, 0.2) is 0 Å². The molecule has 0 rings (SSSR count). The van der Waals surface area contributed by atoms with Crippen LogP contribution in [0, 0.1) is 71.0 Å². The van der Waals surface area contributed by atoms with Crippen LogP contribution in [0.3, 0.4) is 0 Å². The van der Waals surface area contributed by atoms with E-state index in [1.807, 2.05) is 0 Å². The molecule has 0 unspecified atom stereocenters. The SMILES string of the molecule is C#N.C#N.C#N.C#N.C#N.C#N.[H-].[K+].[Ru]. The summed E-state index contributed by atoms with van der Waals surface area (Å²) in [5.41, 5.74) is 0. The molecule has 14 heavy (non-hydrogen) atoms. The molecule has 0 saturated carbocycles. The molecule has 0 fully saturated rings. The van der Waals surface area contributed by atoms with Gasteiger partial charge < -0.3 is 1.43 Å². The van der Waals surface area contributed by atoms with Gasteiger partial charge in [0.2, 0.25) is 0 Å². The largest absolute Gasteiger partial charge is 1.00 e. The number of nitrogens with zero attached hydrogens (tertiary/aromatic N) is 6. The minimum absolute atomic E-state index is 0. The summed E-state index contributed by atoms with van der Waals surface area (Å²) in [5, 5.41) is 39.0. The zero-order chi connectivity index (χ0) is 12.0. The molecule has 0 aromatic carbocycles. The van der Waals surface area contributed by atoms with Gasteiger partial charge in [-0.25, -0.2) is 31.6 Å². The van der Waals surface area contributed by atoms with E-state index in [4.69, 9.17) is 31.6 Å². The molecule has 0 atom stereocenters. The van der Waals surface area contributed by atoms with E-state index in [1.54, 1.807) is 0 Å². The van der Waals surface area contributed by atoms with Gasteiger partial charge >= 0.3 is 51.4 Å². The summed E-state index contributed by atoms with van der Waals surface area (Å²) in [7, 11) is 0. The fraction of sp³-hybridized carbons (Fsp3) is 0. The van der Waals surface area contributed by atoms with E-state index in [0.717, 1.165) is 0 Å². The molecule has 0 aliphatic carbocycles. The molecular weight excluding hydrogens is 296 g/mol. The van der Waals surface area contributed by atoms with Crippen molar-refractivity contribution in [3.63, 3.8) is 0 Å². The van der Waals surface area contributed by atoms with Crippen molar-refractivity contribution in [1.29, 1.82) is 31.6 Å². The van der Waals surface area contributed by atoms with Gasteiger partial charge in [-0.2, -0.15) is 0 Å².